The Labute approximate surface area is 107 Å². The summed E-state index contributed by atoms with van der Waals surface area (Å²) in [5, 5.41) is 0. The van der Waals surface area contributed by atoms with E-state index in [1.807, 2.05) is 19.9 Å². The highest BCUT2D eigenvalue weighted by molar-refractivity contribution is 5.98. The summed E-state index contributed by atoms with van der Waals surface area (Å²) in [6.07, 6.45) is 2.53. The number of rotatable bonds is 3. The number of hydrogen-bond donors (Lipinski definition) is 1. The predicted molar refractivity (Wildman–Crippen MR) is 69.6 cm³/mol. The van der Waals surface area contributed by atoms with Crippen molar-refractivity contribution in [2.75, 3.05) is 11.9 Å². The van der Waals surface area contributed by atoms with Gasteiger partial charge in [0.05, 0.1) is 0 Å². The molecule has 1 unspecified atom stereocenters. The second kappa shape index (κ2) is 4.57. The number of nitrogens with two attached hydrogens (primary N) is 1. The van der Waals surface area contributed by atoms with Crippen LogP contribution in [-0.4, -0.2) is 29.6 Å². The molecule has 0 spiro atoms. The van der Waals surface area contributed by atoms with Crippen LogP contribution in [-0.2, 0) is 4.79 Å². The quantitative estimate of drug-likeness (QED) is 0.877. The molecule has 2 N–H and O–H groups in total. The fourth-order valence-electron chi connectivity index (χ4n) is 1.94. The average molecular weight is 249 g/mol. The summed E-state index contributed by atoms with van der Waals surface area (Å²) in [6.45, 7) is 3.89. The topological polar surface area (TPSA) is 68.5 Å². The van der Waals surface area contributed by atoms with Crippen molar-refractivity contribution in [3.8, 4) is 5.75 Å². The van der Waals surface area contributed by atoms with Gasteiger partial charge in [-0.2, -0.15) is 0 Å². The summed E-state index contributed by atoms with van der Waals surface area (Å²) in [4.78, 5) is 17.8. The molecule has 0 radical (unpaired) electrons. The van der Waals surface area contributed by atoms with Gasteiger partial charge in [-0.05, 0) is 38.8 Å². The maximum absolute atomic E-state index is 12.1. The van der Waals surface area contributed by atoms with Crippen LogP contribution in [0.1, 0.15) is 26.7 Å². The highest BCUT2D eigenvalue weighted by Gasteiger charge is 2.33. The molecule has 0 fully saturated rings. The van der Waals surface area contributed by atoms with Gasteiger partial charge in [0.2, 0.25) is 0 Å². The molecule has 0 aromatic carbocycles. The van der Waals surface area contributed by atoms with Crippen LogP contribution in [0.3, 0.4) is 0 Å². The van der Waals surface area contributed by atoms with E-state index in [1.54, 1.807) is 24.2 Å². The fourth-order valence-corrected chi connectivity index (χ4v) is 1.94. The van der Waals surface area contributed by atoms with Crippen LogP contribution < -0.4 is 15.4 Å². The summed E-state index contributed by atoms with van der Waals surface area (Å²) in [7, 11) is 1.72. The van der Waals surface area contributed by atoms with Gasteiger partial charge in [0.15, 0.2) is 17.7 Å². The van der Waals surface area contributed by atoms with Crippen molar-refractivity contribution >= 4 is 11.7 Å². The first-order valence-electron chi connectivity index (χ1n) is 6.06. The first-order chi connectivity index (χ1) is 8.38. The van der Waals surface area contributed by atoms with Crippen molar-refractivity contribution in [3.63, 3.8) is 0 Å². The molecule has 1 atom stereocenters. The highest BCUT2D eigenvalue weighted by Crippen LogP contribution is 2.31. The molecule has 1 amide bonds. The van der Waals surface area contributed by atoms with E-state index >= 15 is 0 Å². The van der Waals surface area contributed by atoms with Gasteiger partial charge in [-0.1, -0.05) is 0 Å². The van der Waals surface area contributed by atoms with E-state index in [4.69, 9.17) is 10.5 Å². The Morgan fingerprint density at radius 3 is 2.94 bits per heavy atom. The summed E-state index contributed by atoms with van der Waals surface area (Å²) in [5.41, 5.74) is 5.64. The third-order valence-electron chi connectivity index (χ3n) is 2.99. The van der Waals surface area contributed by atoms with Crippen molar-refractivity contribution in [1.29, 1.82) is 0 Å². The van der Waals surface area contributed by atoms with Gasteiger partial charge >= 0.3 is 0 Å². The standard InChI is InChI=1S/C13H19N3O2/c1-13(2,14)7-6-10-12(17)16(3)11-9(18-10)5-4-8-15-11/h4-5,8,10H,6-7,14H2,1-3H3. The minimum Gasteiger partial charge on any atom is -0.477 e. The second-order valence-corrected chi connectivity index (χ2v) is 5.36. The second-order valence-electron chi connectivity index (χ2n) is 5.36. The van der Waals surface area contributed by atoms with Crippen molar-refractivity contribution in [2.24, 2.45) is 5.73 Å². The van der Waals surface area contributed by atoms with Gasteiger partial charge in [0.25, 0.3) is 5.91 Å². The van der Waals surface area contributed by atoms with Gasteiger partial charge in [-0.3, -0.25) is 9.69 Å². The van der Waals surface area contributed by atoms with Crippen molar-refractivity contribution < 1.29 is 9.53 Å². The number of amides is 1. The Hall–Kier alpha value is -1.62. The molecule has 98 valence electrons. The predicted octanol–water partition coefficient (Wildman–Crippen LogP) is 1.32. The van der Waals surface area contributed by atoms with Gasteiger partial charge in [-0.15, -0.1) is 0 Å². The third-order valence-corrected chi connectivity index (χ3v) is 2.99. The lowest BCUT2D eigenvalue weighted by Crippen LogP contribution is -2.45. The molecular weight excluding hydrogens is 230 g/mol. The number of anilines is 1. The molecule has 1 aliphatic heterocycles. The lowest BCUT2D eigenvalue weighted by Gasteiger charge is -2.32. The number of fused-ring (bicyclic) bond motifs is 1. The lowest BCUT2D eigenvalue weighted by molar-refractivity contribution is -0.126. The van der Waals surface area contributed by atoms with Gasteiger partial charge in [0, 0.05) is 18.8 Å². The van der Waals surface area contributed by atoms with E-state index < -0.39 is 6.10 Å². The van der Waals surface area contributed by atoms with E-state index in [1.165, 1.54) is 0 Å². The van der Waals surface area contributed by atoms with E-state index in [9.17, 15) is 4.79 Å². The molecule has 1 aromatic heterocycles. The zero-order chi connectivity index (χ0) is 13.3. The van der Waals surface area contributed by atoms with Crippen LogP contribution in [0.5, 0.6) is 5.75 Å². The number of ether oxygens (including phenoxy) is 1. The highest BCUT2D eigenvalue weighted by atomic mass is 16.5. The van der Waals surface area contributed by atoms with Crippen molar-refractivity contribution in [1.82, 2.24) is 4.98 Å². The largest absolute Gasteiger partial charge is 0.477 e. The molecule has 0 saturated carbocycles. The molecule has 0 bridgehead atoms. The van der Waals surface area contributed by atoms with Gasteiger partial charge in [-0.25, -0.2) is 4.98 Å². The molecule has 1 aliphatic rings. The van der Waals surface area contributed by atoms with E-state index in [-0.39, 0.29) is 11.4 Å². The van der Waals surface area contributed by atoms with E-state index in [0.29, 0.717) is 18.0 Å². The zero-order valence-electron chi connectivity index (χ0n) is 11.0. The average Bonchev–Trinajstić information content (AvgIpc) is 2.31. The third kappa shape index (κ3) is 2.61. The Bertz CT molecular complexity index is 454. The normalized spacial score (nSPS) is 19.4. The Morgan fingerprint density at radius 1 is 1.56 bits per heavy atom. The van der Waals surface area contributed by atoms with Crippen LogP contribution in [0, 0.1) is 0 Å². The molecule has 1 aromatic rings. The lowest BCUT2D eigenvalue weighted by atomic mass is 9.97. The molecule has 18 heavy (non-hydrogen) atoms. The molecule has 5 nitrogen and oxygen atoms in total. The minimum absolute atomic E-state index is 0.0644. The smallest absolute Gasteiger partial charge is 0.269 e. The first-order valence-corrected chi connectivity index (χ1v) is 6.06. The number of hydrogen-bond acceptors (Lipinski definition) is 4. The SMILES string of the molecule is CN1C(=O)C(CCC(C)(C)N)Oc2cccnc21. The summed E-state index contributed by atoms with van der Waals surface area (Å²) >= 11 is 0. The maximum atomic E-state index is 12.1. The number of carbonyl (C=O) groups excluding carboxylic acids is 1. The Kier molecular flexibility index (Phi) is 3.26. The van der Waals surface area contributed by atoms with Crippen LogP contribution in [0.2, 0.25) is 0 Å². The van der Waals surface area contributed by atoms with Crippen molar-refractivity contribution in [2.45, 2.75) is 38.3 Å². The first kappa shape index (κ1) is 12.8. The maximum Gasteiger partial charge on any atom is 0.269 e. The number of carbonyl (C=O) groups is 1. The van der Waals surface area contributed by atoms with Crippen LogP contribution in [0.15, 0.2) is 18.3 Å². The van der Waals surface area contributed by atoms with Crippen LogP contribution in [0.4, 0.5) is 5.82 Å². The minimum atomic E-state index is -0.463. The number of pyridine rings is 1. The van der Waals surface area contributed by atoms with E-state index in [2.05, 4.69) is 4.98 Å². The Balaban J connectivity index is 2.14. The zero-order valence-corrected chi connectivity index (χ0v) is 11.0. The summed E-state index contributed by atoms with van der Waals surface area (Å²) in [6, 6.07) is 3.62. The van der Waals surface area contributed by atoms with Crippen molar-refractivity contribution in [3.05, 3.63) is 18.3 Å². The summed E-state index contributed by atoms with van der Waals surface area (Å²) < 4.78 is 5.70. The van der Waals surface area contributed by atoms with E-state index in [0.717, 1.165) is 6.42 Å². The molecule has 5 heteroatoms. The molecule has 0 saturated heterocycles. The number of likely N-dealkylation sites (N-methyl/N-ethyl adjacent to an activating group) is 1. The Morgan fingerprint density at radius 2 is 2.28 bits per heavy atom. The molecule has 0 aliphatic carbocycles. The molecular formula is C13H19N3O2. The van der Waals surface area contributed by atoms with Gasteiger partial charge in [0.1, 0.15) is 0 Å². The van der Waals surface area contributed by atoms with Crippen LogP contribution in [0.25, 0.3) is 0 Å². The monoisotopic (exact) mass is 249 g/mol. The van der Waals surface area contributed by atoms with Gasteiger partial charge < -0.3 is 10.5 Å². The number of nitrogens with zero attached hydrogens (tertiary/aromatic N) is 2. The fraction of sp³-hybridized carbons (Fsp3) is 0.538. The molecule has 2 heterocycles. The number of aromatic nitrogens is 1. The molecule has 2 rings (SSSR count). The van der Waals surface area contributed by atoms with Crippen LogP contribution >= 0.6 is 0 Å². The summed E-state index contributed by atoms with van der Waals surface area (Å²) in [5.74, 6) is 1.16.